The van der Waals surface area contributed by atoms with Gasteiger partial charge in [0.2, 0.25) is 5.91 Å². The molecule has 1 aliphatic rings. The van der Waals surface area contributed by atoms with Crippen molar-refractivity contribution in [1.82, 2.24) is 5.16 Å². The van der Waals surface area contributed by atoms with Crippen molar-refractivity contribution in [3.05, 3.63) is 35.7 Å². The van der Waals surface area contributed by atoms with E-state index in [-0.39, 0.29) is 17.5 Å². The molecule has 23 heavy (non-hydrogen) atoms. The van der Waals surface area contributed by atoms with E-state index < -0.39 is 0 Å². The van der Waals surface area contributed by atoms with Gasteiger partial charge in [-0.1, -0.05) is 5.16 Å². The van der Waals surface area contributed by atoms with Crippen molar-refractivity contribution in [3.8, 4) is 5.75 Å². The molecule has 3 rings (SSSR count). The average molecular weight is 315 g/mol. The standard InChI is InChI=1S/C16H17N3O4/c1-9(20)17-12-7-11(5-6-14(12)22-2)18-16(21)13-8-15(23-19-13)10-3-4-10/h5-8,10H,3-4H2,1-2H3,(H,17,20)(H,18,21). The number of hydrogen-bond donors (Lipinski definition) is 2. The third-order valence-corrected chi connectivity index (χ3v) is 3.51. The number of hydrogen-bond acceptors (Lipinski definition) is 5. The summed E-state index contributed by atoms with van der Waals surface area (Å²) in [7, 11) is 1.51. The predicted octanol–water partition coefficient (Wildman–Crippen LogP) is 2.77. The molecule has 7 nitrogen and oxygen atoms in total. The van der Waals surface area contributed by atoms with Gasteiger partial charge in [-0.3, -0.25) is 9.59 Å². The lowest BCUT2D eigenvalue weighted by molar-refractivity contribution is -0.114. The third-order valence-electron chi connectivity index (χ3n) is 3.51. The first-order chi connectivity index (χ1) is 11.1. The normalized spacial score (nSPS) is 13.5. The third kappa shape index (κ3) is 3.50. The van der Waals surface area contributed by atoms with Gasteiger partial charge >= 0.3 is 0 Å². The fourth-order valence-electron chi connectivity index (χ4n) is 2.22. The Kier molecular flexibility index (Phi) is 4.01. The molecule has 1 heterocycles. The maximum Gasteiger partial charge on any atom is 0.277 e. The SMILES string of the molecule is COc1ccc(NC(=O)c2cc(C3CC3)on2)cc1NC(C)=O. The molecule has 2 N–H and O–H groups in total. The Morgan fingerprint density at radius 1 is 1.26 bits per heavy atom. The molecule has 0 unspecified atom stereocenters. The van der Waals surface area contributed by atoms with Gasteiger partial charge in [0.25, 0.3) is 5.91 Å². The predicted molar refractivity (Wildman–Crippen MR) is 83.7 cm³/mol. The van der Waals surface area contributed by atoms with Crippen molar-refractivity contribution in [2.75, 3.05) is 17.7 Å². The molecule has 1 aliphatic carbocycles. The molecule has 7 heteroatoms. The van der Waals surface area contributed by atoms with Crippen molar-refractivity contribution in [1.29, 1.82) is 0 Å². The summed E-state index contributed by atoms with van der Waals surface area (Å²) >= 11 is 0. The Hall–Kier alpha value is -2.83. The van der Waals surface area contributed by atoms with Crippen molar-refractivity contribution < 1.29 is 18.8 Å². The van der Waals surface area contributed by atoms with E-state index in [0.29, 0.717) is 23.0 Å². The fourth-order valence-corrected chi connectivity index (χ4v) is 2.22. The molecule has 0 saturated heterocycles. The van der Waals surface area contributed by atoms with Crippen molar-refractivity contribution in [2.24, 2.45) is 0 Å². The van der Waals surface area contributed by atoms with Gasteiger partial charge in [0.1, 0.15) is 11.5 Å². The average Bonchev–Trinajstić information content (AvgIpc) is 3.24. The molecule has 120 valence electrons. The van der Waals surface area contributed by atoms with Gasteiger partial charge in [-0.2, -0.15) is 0 Å². The van der Waals surface area contributed by atoms with Crippen LogP contribution in [0.4, 0.5) is 11.4 Å². The number of ether oxygens (including phenoxy) is 1. The van der Waals surface area contributed by atoms with Crippen LogP contribution in [0.2, 0.25) is 0 Å². The van der Waals surface area contributed by atoms with Gasteiger partial charge in [0.15, 0.2) is 5.69 Å². The van der Waals surface area contributed by atoms with E-state index in [1.165, 1.54) is 14.0 Å². The summed E-state index contributed by atoms with van der Waals surface area (Å²) < 4.78 is 10.3. The van der Waals surface area contributed by atoms with E-state index >= 15 is 0 Å². The van der Waals surface area contributed by atoms with E-state index in [4.69, 9.17) is 9.26 Å². The minimum absolute atomic E-state index is 0.225. The molecule has 0 spiro atoms. The van der Waals surface area contributed by atoms with Crippen LogP contribution < -0.4 is 15.4 Å². The number of methoxy groups -OCH3 is 1. The van der Waals surface area contributed by atoms with E-state index in [9.17, 15) is 9.59 Å². The molecule has 1 fully saturated rings. The molecule has 2 aromatic rings. The second-order valence-corrected chi connectivity index (χ2v) is 5.44. The van der Waals surface area contributed by atoms with Crippen molar-refractivity contribution in [3.63, 3.8) is 0 Å². The van der Waals surface area contributed by atoms with Gasteiger partial charge in [0, 0.05) is 24.6 Å². The molecule has 1 aromatic heterocycles. The Morgan fingerprint density at radius 2 is 2.04 bits per heavy atom. The van der Waals surface area contributed by atoms with Crippen LogP contribution in [0.3, 0.4) is 0 Å². The number of amides is 2. The molecule has 1 aromatic carbocycles. The Bertz CT molecular complexity index is 750. The minimum Gasteiger partial charge on any atom is -0.495 e. The molecule has 2 amide bonds. The van der Waals surface area contributed by atoms with Gasteiger partial charge < -0.3 is 19.9 Å². The summed E-state index contributed by atoms with van der Waals surface area (Å²) in [6.07, 6.45) is 2.16. The van der Waals surface area contributed by atoms with Crippen LogP contribution in [0, 0.1) is 0 Å². The number of carbonyl (C=O) groups is 2. The first kappa shape index (κ1) is 15.1. The largest absolute Gasteiger partial charge is 0.495 e. The van der Waals surface area contributed by atoms with Crippen LogP contribution in [0.5, 0.6) is 5.75 Å². The Morgan fingerprint density at radius 3 is 2.70 bits per heavy atom. The molecule has 0 aliphatic heterocycles. The summed E-state index contributed by atoms with van der Waals surface area (Å²) in [5, 5.41) is 9.18. The lowest BCUT2D eigenvalue weighted by atomic mass is 10.2. The van der Waals surface area contributed by atoms with E-state index in [0.717, 1.165) is 18.6 Å². The smallest absolute Gasteiger partial charge is 0.277 e. The summed E-state index contributed by atoms with van der Waals surface area (Å²) in [4.78, 5) is 23.4. The number of nitrogens with zero attached hydrogens (tertiary/aromatic N) is 1. The first-order valence-electron chi connectivity index (χ1n) is 7.30. The number of carbonyl (C=O) groups excluding carboxylic acids is 2. The maximum atomic E-state index is 12.2. The van der Waals surface area contributed by atoms with Crippen LogP contribution in [-0.2, 0) is 4.79 Å². The van der Waals surface area contributed by atoms with Crippen LogP contribution in [-0.4, -0.2) is 24.1 Å². The molecule has 0 radical (unpaired) electrons. The first-order valence-corrected chi connectivity index (χ1v) is 7.30. The van der Waals surface area contributed by atoms with Crippen molar-refractivity contribution in [2.45, 2.75) is 25.7 Å². The number of benzene rings is 1. The molecule has 0 atom stereocenters. The van der Waals surface area contributed by atoms with Crippen LogP contribution in [0.25, 0.3) is 0 Å². The lowest BCUT2D eigenvalue weighted by Gasteiger charge is -2.11. The Labute approximate surface area is 133 Å². The topological polar surface area (TPSA) is 93.5 Å². The zero-order chi connectivity index (χ0) is 16.4. The van der Waals surface area contributed by atoms with Crippen LogP contribution in [0.1, 0.15) is 41.9 Å². The Balaban J connectivity index is 1.75. The summed E-state index contributed by atoms with van der Waals surface area (Å²) in [6, 6.07) is 6.65. The molecule has 1 saturated carbocycles. The van der Waals surface area contributed by atoms with Crippen LogP contribution >= 0.6 is 0 Å². The van der Waals surface area contributed by atoms with Gasteiger partial charge in [-0.15, -0.1) is 0 Å². The summed E-state index contributed by atoms with van der Waals surface area (Å²) in [5.41, 5.74) is 1.25. The zero-order valence-corrected chi connectivity index (χ0v) is 12.9. The maximum absolute atomic E-state index is 12.2. The molecular formula is C16H17N3O4. The van der Waals surface area contributed by atoms with E-state index in [2.05, 4.69) is 15.8 Å². The summed E-state index contributed by atoms with van der Waals surface area (Å²) in [6.45, 7) is 1.40. The van der Waals surface area contributed by atoms with E-state index in [1.54, 1.807) is 24.3 Å². The highest BCUT2D eigenvalue weighted by atomic mass is 16.5. The minimum atomic E-state index is -0.361. The quantitative estimate of drug-likeness (QED) is 0.885. The van der Waals surface area contributed by atoms with Crippen molar-refractivity contribution >= 4 is 23.2 Å². The van der Waals surface area contributed by atoms with Gasteiger partial charge in [0.05, 0.1) is 12.8 Å². The highest BCUT2D eigenvalue weighted by Gasteiger charge is 2.28. The highest BCUT2D eigenvalue weighted by Crippen LogP contribution is 2.40. The summed E-state index contributed by atoms with van der Waals surface area (Å²) in [5.74, 6) is 1.08. The highest BCUT2D eigenvalue weighted by molar-refractivity contribution is 6.03. The molecular weight excluding hydrogens is 298 g/mol. The number of rotatable bonds is 5. The van der Waals surface area contributed by atoms with Crippen LogP contribution in [0.15, 0.2) is 28.8 Å². The zero-order valence-electron chi connectivity index (χ0n) is 12.9. The van der Waals surface area contributed by atoms with Gasteiger partial charge in [-0.05, 0) is 31.0 Å². The number of nitrogens with one attached hydrogen (secondary N) is 2. The lowest BCUT2D eigenvalue weighted by Crippen LogP contribution is -2.13. The number of anilines is 2. The monoisotopic (exact) mass is 315 g/mol. The fraction of sp³-hybridized carbons (Fsp3) is 0.312. The second-order valence-electron chi connectivity index (χ2n) is 5.44. The van der Waals surface area contributed by atoms with E-state index in [1.807, 2.05) is 0 Å². The van der Waals surface area contributed by atoms with Gasteiger partial charge in [-0.25, -0.2) is 0 Å². The second kappa shape index (κ2) is 6.12. The molecule has 0 bridgehead atoms. The number of aromatic nitrogens is 1.